The third-order valence-corrected chi connectivity index (χ3v) is 3.56. The standard InChI is InChI=1S/C13H15F3INO3/c1-7(18-12(19)13(14,15)16)4-8-5-11(21-3)9(17)6-10(8)20-2/h5-7H,4H2,1-3H3,(H,18,19)/t7-/m0/s1. The first-order valence-corrected chi connectivity index (χ1v) is 7.05. The van der Waals surface area contributed by atoms with Gasteiger partial charge >= 0.3 is 12.1 Å². The Kier molecular flexibility index (Phi) is 6.11. The second-order valence-corrected chi connectivity index (χ2v) is 5.54. The molecule has 0 fully saturated rings. The fourth-order valence-electron chi connectivity index (χ4n) is 1.77. The Morgan fingerprint density at radius 3 is 2.33 bits per heavy atom. The minimum atomic E-state index is -4.89. The molecule has 1 N–H and O–H groups in total. The van der Waals surface area contributed by atoms with Crippen LogP contribution in [0.2, 0.25) is 0 Å². The number of nitrogens with one attached hydrogen (secondary N) is 1. The smallest absolute Gasteiger partial charge is 0.471 e. The molecule has 0 aromatic heterocycles. The van der Waals surface area contributed by atoms with Gasteiger partial charge in [-0.3, -0.25) is 4.79 Å². The van der Waals surface area contributed by atoms with Gasteiger partial charge < -0.3 is 14.8 Å². The lowest BCUT2D eigenvalue weighted by atomic mass is 10.1. The van der Waals surface area contributed by atoms with E-state index >= 15 is 0 Å². The van der Waals surface area contributed by atoms with Gasteiger partial charge in [-0.2, -0.15) is 13.2 Å². The molecule has 0 radical (unpaired) electrons. The molecule has 8 heteroatoms. The normalized spacial score (nSPS) is 12.7. The highest BCUT2D eigenvalue weighted by atomic mass is 127. The summed E-state index contributed by atoms with van der Waals surface area (Å²) >= 11 is 2.07. The second-order valence-electron chi connectivity index (χ2n) is 4.37. The molecule has 1 amide bonds. The molecular formula is C13H15F3INO3. The van der Waals surface area contributed by atoms with Crippen LogP contribution in [0.5, 0.6) is 11.5 Å². The van der Waals surface area contributed by atoms with Crippen LogP contribution in [0.1, 0.15) is 12.5 Å². The van der Waals surface area contributed by atoms with Gasteiger partial charge in [-0.15, -0.1) is 0 Å². The van der Waals surface area contributed by atoms with Gasteiger partial charge in [-0.05, 0) is 53.6 Å². The van der Waals surface area contributed by atoms with E-state index in [1.807, 2.05) is 5.32 Å². The zero-order valence-corrected chi connectivity index (χ0v) is 13.8. The fourth-order valence-corrected chi connectivity index (χ4v) is 2.43. The van der Waals surface area contributed by atoms with Crippen molar-refractivity contribution in [2.75, 3.05) is 14.2 Å². The number of carbonyl (C=O) groups excluding carboxylic acids is 1. The minimum absolute atomic E-state index is 0.193. The van der Waals surface area contributed by atoms with Gasteiger partial charge in [-0.1, -0.05) is 0 Å². The van der Waals surface area contributed by atoms with Crippen LogP contribution in [0.25, 0.3) is 0 Å². The van der Waals surface area contributed by atoms with Crippen molar-refractivity contribution in [2.45, 2.75) is 25.6 Å². The number of hydrogen-bond acceptors (Lipinski definition) is 3. The van der Waals surface area contributed by atoms with Gasteiger partial charge in [0.15, 0.2) is 0 Å². The summed E-state index contributed by atoms with van der Waals surface area (Å²) in [5, 5.41) is 1.91. The number of amides is 1. The number of methoxy groups -OCH3 is 2. The van der Waals surface area contributed by atoms with Gasteiger partial charge in [-0.25, -0.2) is 0 Å². The second kappa shape index (κ2) is 7.19. The number of carbonyl (C=O) groups is 1. The van der Waals surface area contributed by atoms with Gasteiger partial charge in [0.1, 0.15) is 11.5 Å². The molecule has 0 saturated heterocycles. The van der Waals surface area contributed by atoms with Crippen LogP contribution in [0.3, 0.4) is 0 Å². The lowest BCUT2D eigenvalue weighted by Crippen LogP contribution is -2.42. The van der Waals surface area contributed by atoms with Gasteiger partial charge in [0.2, 0.25) is 0 Å². The van der Waals surface area contributed by atoms with E-state index in [0.29, 0.717) is 17.1 Å². The quantitative estimate of drug-likeness (QED) is 0.750. The molecule has 118 valence electrons. The first kappa shape index (κ1) is 17.9. The van der Waals surface area contributed by atoms with Gasteiger partial charge in [0.25, 0.3) is 0 Å². The molecule has 1 rings (SSSR count). The number of alkyl halides is 3. The maximum Gasteiger partial charge on any atom is 0.471 e. The number of hydrogen-bond donors (Lipinski definition) is 1. The van der Waals surface area contributed by atoms with E-state index in [0.717, 1.165) is 3.57 Å². The van der Waals surface area contributed by atoms with E-state index in [1.165, 1.54) is 21.1 Å². The zero-order chi connectivity index (χ0) is 16.2. The Labute approximate surface area is 134 Å². The summed E-state index contributed by atoms with van der Waals surface area (Å²) in [6, 6.07) is 2.72. The number of halogens is 4. The SMILES string of the molecule is COc1cc(C[C@H](C)NC(=O)C(F)(F)F)c(OC)cc1I. The van der Waals surface area contributed by atoms with Crippen molar-refractivity contribution in [3.8, 4) is 11.5 Å². The summed E-state index contributed by atoms with van der Waals surface area (Å²) in [5.41, 5.74) is 0.657. The third-order valence-electron chi connectivity index (χ3n) is 2.72. The van der Waals surface area contributed by atoms with E-state index in [4.69, 9.17) is 9.47 Å². The first-order valence-electron chi connectivity index (χ1n) is 5.97. The van der Waals surface area contributed by atoms with Crippen molar-refractivity contribution >= 4 is 28.5 Å². The van der Waals surface area contributed by atoms with E-state index in [-0.39, 0.29) is 6.42 Å². The van der Waals surface area contributed by atoms with Crippen molar-refractivity contribution in [1.29, 1.82) is 0 Å². The lowest BCUT2D eigenvalue weighted by molar-refractivity contribution is -0.174. The molecule has 4 nitrogen and oxygen atoms in total. The maximum atomic E-state index is 12.2. The van der Waals surface area contributed by atoms with E-state index in [2.05, 4.69) is 22.6 Å². The van der Waals surface area contributed by atoms with E-state index in [1.54, 1.807) is 12.1 Å². The highest BCUT2D eigenvalue weighted by molar-refractivity contribution is 14.1. The van der Waals surface area contributed by atoms with E-state index in [9.17, 15) is 18.0 Å². The third kappa shape index (κ3) is 4.94. The van der Waals surface area contributed by atoms with Gasteiger partial charge in [0.05, 0.1) is 17.8 Å². The predicted molar refractivity (Wildman–Crippen MR) is 79.6 cm³/mol. The predicted octanol–water partition coefficient (Wildman–Crippen LogP) is 2.92. The van der Waals surface area contributed by atoms with Crippen LogP contribution in [0, 0.1) is 3.57 Å². The molecule has 1 atom stereocenters. The van der Waals surface area contributed by atoms with Crippen LogP contribution < -0.4 is 14.8 Å². The lowest BCUT2D eigenvalue weighted by Gasteiger charge is -2.18. The summed E-state index contributed by atoms with van der Waals surface area (Å²) in [5.74, 6) is -0.819. The van der Waals surface area contributed by atoms with Crippen LogP contribution >= 0.6 is 22.6 Å². The molecule has 1 aromatic rings. The summed E-state index contributed by atoms with van der Waals surface area (Å²) in [6.07, 6.45) is -4.69. The van der Waals surface area contributed by atoms with Crippen LogP contribution in [0.15, 0.2) is 12.1 Å². The summed E-state index contributed by atoms with van der Waals surface area (Å²) in [7, 11) is 2.98. The summed E-state index contributed by atoms with van der Waals surface area (Å²) in [6.45, 7) is 1.49. The monoisotopic (exact) mass is 417 g/mol. The number of rotatable bonds is 5. The molecule has 1 aromatic carbocycles. The molecule has 0 saturated carbocycles. The topological polar surface area (TPSA) is 47.6 Å². The Hall–Kier alpha value is -1.19. The fraction of sp³-hybridized carbons (Fsp3) is 0.462. The molecule has 0 aliphatic carbocycles. The molecule has 0 heterocycles. The van der Waals surface area contributed by atoms with Crippen molar-refractivity contribution in [3.05, 3.63) is 21.3 Å². The molecule has 21 heavy (non-hydrogen) atoms. The maximum absolute atomic E-state index is 12.2. The Morgan fingerprint density at radius 2 is 1.86 bits per heavy atom. The average molecular weight is 417 g/mol. The summed E-state index contributed by atoms with van der Waals surface area (Å²) < 4.78 is 47.8. The molecule has 0 spiro atoms. The van der Waals surface area contributed by atoms with Crippen molar-refractivity contribution in [3.63, 3.8) is 0 Å². The number of ether oxygens (including phenoxy) is 2. The molecular weight excluding hydrogens is 402 g/mol. The molecule has 0 aliphatic rings. The van der Waals surface area contributed by atoms with Crippen molar-refractivity contribution in [2.24, 2.45) is 0 Å². The van der Waals surface area contributed by atoms with Crippen LogP contribution in [0.4, 0.5) is 13.2 Å². The molecule has 0 aliphatic heterocycles. The van der Waals surface area contributed by atoms with Crippen molar-refractivity contribution in [1.82, 2.24) is 5.32 Å². The average Bonchev–Trinajstić information content (AvgIpc) is 2.38. The Morgan fingerprint density at radius 1 is 1.29 bits per heavy atom. The zero-order valence-electron chi connectivity index (χ0n) is 11.7. The first-order chi connectivity index (χ1) is 9.68. The minimum Gasteiger partial charge on any atom is -0.496 e. The highest BCUT2D eigenvalue weighted by Crippen LogP contribution is 2.30. The van der Waals surface area contributed by atoms with Crippen LogP contribution in [-0.2, 0) is 11.2 Å². The summed E-state index contributed by atoms with van der Waals surface area (Å²) in [4.78, 5) is 10.9. The van der Waals surface area contributed by atoms with Crippen LogP contribution in [-0.4, -0.2) is 32.3 Å². The molecule has 0 unspecified atom stereocenters. The van der Waals surface area contributed by atoms with Gasteiger partial charge in [0, 0.05) is 6.04 Å². The Bertz CT molecular complexity index is 520. The number of benzene rings is 1. The highest BCUT2D eigenvalue weighted by Gasteiger charge is 2.39. The Balaban J connectivity index is 2.89. The van der Waals surface area contributed by atoms with E-state index < -0.39 is 18.1 Å². The largest absolute Gasteiger partial charge is 0.496 e. The van der Waals surface area contributed by atoms with Crippen molar-refractivity contribution < 1.29 is 27.4 Å². The molecule has 0 bridgehead atoms.